The van der Waals surface area contributed by atoms with Crippen LogP contribution >= 0.6 is 15.9 Å². The Balaban J connectivity index is 1.21. The molecule has 4 heterocycles. The van der Waals surface area contributed by atoms with Gasteiger partial charge in [0.2, 0.25) is 10.0 Å². The molecule has 1 aliphatic carbocycles. The van der Waals surface area contributed by atoms with Gasteiger partial charge in [-0.2, -0.15) is 5.10 Å². The number of aromatic nitrogens is 5. The predicted octanol–water partition coefficient (Wildman–Crippen LogP) is 3.94. The van der Waals surface area contributed by atoms with E-state index < -0.39 is 10.0 Å². The van der Waals surface area contributed by atoms with E-state index in [4.69, 9.17) is 9.72 Å². The van der Waals surface area contributed by atoms with Crippen molar-refractivity contribution in [3.63, 3.8) is 0 Å². The highest BCUT2D eigenvalue weighted by Crippen LogP contribution is 2.33. The number of ether oxygens (including phenoxy) is 1. The molecule has 6 rings (SSSR count). The van der Waals surface area contributed by atoms with Crippen LogP contribution in [0.1, 0.15) is 37.9 Å². The summed E-state index contributed by atoms with van der Waals surface area (Å²) in [6.07, 6.45) is 7.83. The van der Waals surface area contributed by atoms with Crippen molar-refractivity contribution in [1.29, 1.82) is 0 Å². The Morgan fingerprint density at radius 1 is 1.11 bits per heavy atom. The number of fused-ring (bicyclic) bond motifs is 2. The van der Waals surface area contributed by atoms with Crippen LogP contribution in [0.25, 0.3) is 27.6 Å². The molecule has 2 fully saturated rings. The molecule has 0 unspecified atom stereocenters. The SMILES string of the molecule is O=S(=O)(NC1CCOCC1)[C@@H]1CC[C@@H](Cc2ncc3c(Br)nn(-c4ccc5ncccc5c4)c3n2)C1. The fourth-order valence-corrected chi connectivity index (χ4v) is 7.58. The molecule has 9 nitrogen and oxygen atoms in total. The molecule has 1 saturated carbocycles. The molecular weight excluding hydrogens is 544 g/mol. The summed E-state index contributed by atoms with van der Waals surface area (Å²) in [6, 6.07) is 9.92. The van der Waals surface area contributed by atoms with Crippen LogP contribution in [0.15, 0.2) is 47.3 Å². The van der Waals surface area contributed by atoms with E-state index in [9.17, 15) is 8.42 Å². The quantitative estimate of drug-likeness (QED) is 0.373. The highest BCUT2D eigenvalue weighted by Gasteiger charge is 2.36. The number of hydrogen-bond donors (Lipinski definition) is 1. The second-order valence-electron chi connectivity index (χ2n) is 9.66. The predicted molar refractivity (Wildman–Crippen MR) is 140 cm³/mol. The van der Waals surface area contributed by atoms with Gasteiger partial charge < -0.3 is 4.74 Å². The highest BCUT2D eigenvalue weighted by molar-refractivity contribution is 9.10. The number of sulfonamides is 1. The van der Waals surface area contributed by atoms with Crippen LogP contribution in [0, 0.1) is 5.92 Å². The zero-order valence-electron chi connectivity index (χ0n) is 19.7. The van der Waals surface area contributed by atoms with Gasteiger partial charge in [0.25, 0.3) is 0 Å². The van der Waals surface area contributed by atoms with Gasteiger partial charge in [0.15, 0.2) is 5.65 Å². The van der Waals surface area contributed by atoms with E-state index in [2.05, 4.69) is 35.7 Å². The molecular formula is C25H27BrN6O3S. The molecule has 0 bridgehead atoms. The van der Waals surface area contributed by atoms with E-state index in [1.807, 2.05) is 35.0 Å². The Morgan fingerprint density at radius 3 is 2.83 bits per heavy atom. The van der Waals surface area contributed by atoms with Crippen molar-refractivity contribution in [2.24, 2.45) is 5.92 Å². The smallest absolute Gasteiger partial charge is 0.214 e. The van der Waals surface area contributed by atoms with Crippen LogP contribution in [-0.4, -0.2) is 57.7 Å². The van der Waals surface area contributed by atoms with E-state index in [1.54, 1.807) is 12.4 Å². The first kappa shape index (κ1) is 23.9. The molecule has 1 aromatic carbocycles. The molecule has 2 atom stereocenters. The van der Waals surface area contributed by atoms with E-state index in [0.717, 1.165) is 46.9 Å². The maximum Gasteiger partial charge on any atom is 0.214 e. The number of nitrogens with zero attached hydrogens (tertiary/aromatic N) is 5. The van der Waals surface area contributed by atoms with Crippen LogP contribution in [0.5, 0.6) is 0 Å². The number of pyridine rings is 1. The van der Waals surface area contributed by atoms with Gasteiger partial charge in [-0.1, -0.05) is 6.07 Å². The van der Waals surface area contributed by atoms with Gasteiger partial charge in [-0.3, -0.25) is 4.98 Å². The number of halogens is 1. The first-order chi connectivity index (χ1) is 17.5. The molecule has 3 aromatic heterocycles. The van der Waals surface area contributed by atoms with Gasteiger partial charge in [-0.05, 0) is 78.2 Å². The Morgan fingerprint density at radius 2 is 1.97 bits per heavy atom. The number of benzene rings is 1. The Labute approximate surface area is 217 Å². The van der Waals surface area contributed by atoms with Crippen molar-refractivity contribution >= 4 is 47.9 Å². The van der Waals surface area contributed by atoms with Crippen LogP contribution in [0.4, 0.5) is 0 Å². The van der Waals surface area contributed by atoms with Crippen LogP contribution in [0.3, 0.4) is 0 Å². The first-order valence-corrected chi connectivity index (χ1v) is 14.6. The summed E-state index contributed by atoms with van der Waals surface area (Å²) in [5.41, 5.74) is 2.53. The minimum absolute atomic E-state index is 0.0156. The van der Waals surface area contributed by atoms with Crippen LogP contribution in [0.2, 0.25) is 0 Å². The largest absolute Gasteiger partial charge is 0.381 e. The van der Waals surface area contributed by atoms with Crippen LogP contribution < -0.4 is 4.72 Å². The van der Waals surface area contributed by atoms with Crippen molar-refractivity contribution in [3.05, 3.63) is 53.2 Å². The zero-order chi connectivity index (χ0) is 24.7. The average Bonchev–Trinajstić information content (AvgIpc) is 3.49. The molecule has 0 amide bonds. The lowest BCUT2D eigenvalue weighted by molar-refractivity contribution is 0.0831. The number of rotatable bonds is 6. The summed E-state index contributed by atoms with van der Waals surface area (Å²) in [5, 5.41) is 6.15. The summed E-state index contributed by atoms with van der Waals surface area (Å²) < 4.78 is 36.7. The second-order valence-corrected chi connectivity index (χ2v) is 12.4. The van der Waals surface area contributed by atoms with Gasteiger partial charge in [0.05, 0.1) is 21.8 Å². The molecule has 188 valence electrons. The Bertz CT molecular complexity index is 1520. The standard InChI is InChI=1S/C25H27BrN6O3S/c26-24-21-15-28-23(13-16-3-5-20(12-16)36(33,34)31-18-7-10-35-11-8-18)29-25(21)32(30-24)19-4-6-22-17(14-19)2-1-9-27-22/h1-2,4,6,9,14-16,18,20,31H,3,5,7-8,10-13H2/t16-,20-/m1/s1. The number of hydrogen-bond acceptors (Lipinski definition) is 7. The minimum atomic E-state index is -3.35. The monoisotopic (exact) mass is 570 g/mol. The Kier molecular flexibility index (Phi) is 6.49. The topological polar surface area (TPSA) is 112 Å². The van der Waals surface area contributed by atoms with Crippen molar-refractivity contribution in [2.45, 2.75) is 49.8 Å². The molecule has 36 heavy (non-hydrogen) atoms. The summed E-state index contributed by atoms with van der Waals surface area (Å²) in [6.45, 7) is 1.23. The van der Waals surface area contributed by atoms with Gasteiger partial charge >= 0.3 is 0 Å². The molecule has 2 aliphatic rings. The van der Waals surface area contributed by atoms with Gasteiger partial charge in [-0.25, -0.2) is 27.8 Å². The molecule has 0 spiro atoms. The summed E-state index contributed by atoms with van der Waals surface area (Å²) in [4.78, 5) is 13.8. The van der Waals surface area contributed by atoms with Crippen LogP contribution in [-0.2, 0) is 21.2 Å². The Hall–Kier alpha value is -2.47. The third-order valence-corrected chi connectivity index (χ3v) is 9.77. The lowest BCUT2D eigenvalue weighted by atomic mass is 10.0. The van der Waals surface area contributed by atoms with E-state index in [0.29, 0.717) is 42.9 Å². The summed E-state index contributed by atoms with van der Waals surface area (Å²) >= 11 is 3.54. The van der Waals surface area contributed by atoms with E-state index >= 15 is 0 Å². The lowest BCUT2D eigenvalue weighted by Gasteiger charge is -2.24. The minimum Gasteiger partial charge on any atom is -0.381 e. The van der Waals surface area contributed by atoms with Gasteiger partial charge in [-0.15, -0.1) is 0 Å². The molecule has 1 saturated heterocycles. The average molecular weight is 572 g/mol. The normalized spacial score (nSPS) is 21.5. The summed E-state index contributed by atoms with van der Waals surface area (Å²) in [5.74, 6) is 0.935. The fraction of sp³-hybridized carbons (Fsp3) is 0.440. The molecule has 4 aromatic rings. The highest BCUT2D eigenvalue weighted by atomic mass is 79.9. The van der Waals surface area contributed by atoms with Crippen molar-refractivity contribution in [1.82, 2.24) is 29.5 Å². The second kappa shape index (κ2) is 9.77. The number of nitrogens with one attached hydrogen (secondary N) is 1. The molecule has 11 heteroatoms. The van der Waals surface area contributed by atoms with Gasteiger partial charge in [0.1, 0.15) is 10.4 Å². The summed E-state index contributed by atoms with van der Waals surface area (Å²) in [7, 11) is -3.35. The van der Waals surface area contributed by atoms with Gasteiger partial charge in [0, 0.05) is 43.5 Å². The zero-order valence-corrected chi connectivity index (χ0v) is 22.1. The maximum atomic E-state index is 13.0. The maximum absolute atomic E-state index is 13.0. The molecule has 0 radical (unpaired) electrons. The third kappa shape index (κ3) is 4.77. The lowest BCUT2D eigenvalue weighted by Crippen LogP contribution is -2.43. The van der Waals surface area contributed by atoms with E-state index in [1.165, 1.54) is 0 Å². The molecule has 1 aliphatic heterocycles. The fourth-order valence-electron chi connectivity index (χ4n) is 5.28. The third-order valence-electron chi connectivity index (χ3n) is 7.22. The van der Waals surface area contributed by atoms with Crippen molar-refractivity contribution in [2.75, 3.05) is 13.2 Å². The van der Waals surface area contributed by atoms with Crippen molar-refractivity contribution < 1.29 is 13.2 Å². The molecule has 1 N–H and O–H groups in total. The first-order valence-electron chi connectivity index (χ1n) is 12.3. The van der Waals surface area contributed by atoms with Crippen molar-refractivity contribution in [3.8, 4) is 5.69 Å². The van der Waals surface area contributed by atoms with E-state index in [-0.39, 0.29) is 17.2 Å².